The van der Waals surface area contributed by atoms with E-state index in [1.807, 2.05) is 18.2 Å². The van der Waals surface area contributed by atoms with E-state index in [4.69, 9.17) is 0 Å². The molecule has 0 aromatic heterocycles. The molecule has 0 heterocycles. The van der Waals surface area contributed by atoms with Crippen LogP contribution >= 0.6 is 45.2 Å². The Morgan fingerprint density at radius 3 is 1.90 bits per heavy atom. The van der Waals surface area contributed by atoms with E-state index < -0.39 is 11.7 Å². The number of hydrogen-bond acceptors (Lipinski definition) is 0. The van der Waals surface area contributed by atoms with Gasteiger partial charge in [0.2, 0.25) is 0 Å². The molecule has 31 heavy (non-hydrogen) atoms. The number of alkyl halides is 3. The van der Waals surface area contributed by atoms with Crippen LogP contribution in [-0.2, 0) is 11.6 Å². The second kappa shape index (κ2) is 9.03. The molecule has 0 unspecified atom stereocenters. The van der Waals surface area contributed by atoms with Crippen molar-refractivity contribution in [3.63, 3.8) is 0 Å². The van der Waals surface area contributed by atoms with Crippen molar-refractivity contribution in [2.24, 2.45) is 0 Å². The molecule has 7 heteroatoms. The summed E-state index contributed by atoms with van der Waals surface area (Å²) in [5.74, 6) is 0. The lowest BCUT2D eigenvalue weighted by molar-refractivity contribution is -0.138. The van der Waals surface area contributed by atoms with Gasteiger partial charge in [0, 0.05) is 7.14 Å². The first-order chi connectivity index (χ1) is 14.4. The first kappa shape index (κ1) is 23.9. The first-order valence-corrected chi connectivity index (χ1v) is 11.6. The van der Waals surface area contributed by atoms with Crippen molar-refractivity contribution in [2.75, 3.05) is 0 Å². The molecular formula is C24H19F3I2N2. The van der Waals surface area contributed by atoms with Gasteiger partial charge in [0.05, 0.1) is 16.7 Å². The van der Waals surface area contributed by atoms with Gasteiger partial charge in [-0.15, -0.1) is 0 Å². The van der Waals surface area contributed by atoms with Crippen LogP contribution in [0.25, 0.3) is 16.7 Å². The van der Waals surface area contributed by atoms with Crippen LogP contribution in [0.4, 0.5) is 13.2 Å². The lowest BCUT2D eigenvalue weighted by Crippen LogP contribution is -2.19. The number of hydrogen-bond donors (Lipinski definition) is 0. The third kappa shape index (κ3) is 5.21. The van der Waals surface area contributed by atoms with Gasteiger partial charge in [0.25, 0.3) is 0 Å². The summed E-state index contributed by atoms with van der Waals surface area (Å²) in [5.41, 5.74) is 11.2. The zero-order valence-corrected chi connectivity index (χ0v) is 21.4. The quantitative estimate of drug-likeness (QED) is 0.120. The molecule has 0 N–H and O–H groups in total. The van der Waals surface area contributed by atoms with Crippen LogP contribution in [0.5, 0.6) is 0 Å². The van der Waals surface area contributed by atoms with Crippen LogP contribution in [0.2, 0.25) is 0 Å². The van der Waals surface area contributed by atoms with Crippen LogP contribution < -0.4 is 0 Å². The molecular weight excluding hydrogens is 627 g/mol. The lowest BCUT2D eigenvalue weighted by Gasteiger charge is -2.21. The predicted molar refractivity (Wildman–Crippen MR) is 134 cm³/mol. The monoisotopic (exact) mass is 646 g/mol. The Balaban J connectivity index is 2.23. The van der Waals surface area contributed by atoms with E-state index in [2.05, 4.69) is 70.7 Å². The Morgan fingerprint density at radius 2 is 1.42 bits per heavy atom. The fourth-order valence-electron chi connectivity index (χ4n) is 3.27. The van der Waals surface area contributed by atoms with Gasteiger partial charge in [-0.1, -0.05) is 57.2 Å². The van der Waals surface area contributed by atoms with Crippen molar-refractivity contribution in [3.05, 3.63) is 95.6 Å². The molecule has 0 saturated heterocycles. The standard InChI is InChI=1S/C24H19F3I2N2/c1-23(2,3)16-12-19(28)21(20(29)13-16)22(31-30)17-10-9-15(11-18(17)24(25,26)27)14-7-5-4-6-8-14/h4-13H,1-3H3. The lowest BCUT2D eigenvalue weighted by atomic mass is 9.85. The zero-order chi connectivity index (χ0) is 23.0. The Labute approximate surface area is 206 Å². The highest BCUT2D eigenvalue weighted by atomic mass is 127. The molecule has 160 valence electrons. The van der Waals surface area contributed by atoms with E-state index >= 15 is 0 Å². The third-order valence-electron chi connectivity index (χ3n) is 4.93. The maximum Gasteiger partial charge on any atom is 0.417 e. The minimum atomic E-state index is -4.61. The van der Waals surface area contributed by atoms with Gasteiger partial charge in [-0.2, -0.15) is 18.0 Å². The molecule has 3 rings (SSSR count). The smallest absolute Gasteiger partial charge is 0.361 e. The Hall–Kier alpha value is -1.71. The fraction of sp³-hybridized carbons (Fsp3) is 0.208. The van der Waals surface area contributed by atoms with Gasteiger partial charge in [0.15, 0.2) is 0 Å². The molecule has 0 amide bonds. The van der Waals surface area contributed by atoms with Crippen molar-refractivity contribution in [1.82, 2.24) is 0 Å². The van der Waals surface area contributed by atoms with E-state index in [9.17, 15) is 18.7 Å². The van der Waals surface area contributed by atoms with Gasteiger partial charge in [-0.05, 0) is 91.6 Å². The summed E-state index contributed by atoms with van der Waals surface area (Å²) < 4.78 is 43.6. The van der Waals surface area contributed by atoms with Crippen LogP contribution in [0, 0.1) is 7.14 Å². The van der Waals surface area contributed by atoms with Gasteiger partial charge >= 0.3 is 11.9 Å². The normalized spacial score (nSPS) is 11.9. The Bertz CT molecular complexity index is 1150. The number of nitrogens with zero attached hydrogens (tertiary/aromatic N) is 2. The maximum atomic E-state index is 14.0. The van der Waals surface area contributed by atoms with Crippen molar-refractivity contribution < 1.29 is 18.0 Å². The summed E-state index contributed by atoms with van der Waals surface area (Å²) in [7, 11) is 0. The summed E-state index contributed by atoms with van der Waals surface area (Å²) in [6.07, 6.45) is -4.61. The van der Waals surface area contributed by atoms with Crippen LogP contribution in [-0.4, -0.2) is 10.5 Å². The first-order valence-electron chi connectivity index (χ1n) is 9.42. The third-order valence-corrected chi connectivity index (χ3v) is 6.63. The highest BCUT2D eigenvalue weighted by Crippen LogP contribution is 2.37. The average molecular weight is 646 g/mol. The summed E-state index contributed by atoms with van der Waals surface area (Å²) in [6.45, 7) is 6.21. The minimum absolute atomic E-state index is 0.0961. The van der Waals surface area contributed by atoms with Crippen LogP contribution in [0.15, 0.2) is 60.7 Å². The van der Waals surface area contributed by atoms with E-state index in [1.165, 1.54) is 6.07 Å². The summed E-state index contributed by atoms with van der Waals surface area (Å²) in [6, 6.07) is 16.8. The van der Waals surface area contributed by atoms with Gasteiger partial charge in [-0.25, -0.2) is 0 Å². The predicted octanol–water partition coefficient (Wildman–Crippen LogP) is 7.95. The highest BCUT2D eigenvalue weighted by molar-refractivity contribution is 14.1. The summed E-state index contributed by atoms with van der Waals surface area (Å²) in [4.78, 5) is 3.33. The van der Waals surface area contributed by atoms with Crippen molar-refractivity contribution in [3.8, 4) is 11.1 Å². The topological polar surface area (TPSA) is 36.4 Å². The molecule has 0 aliphatic rings. The van der Waals surface area contributed by atoms with Crippen LogP contribution in [0.3, 0.4) is 0 Å². The number of rotatable bonds is 3. The van der Waals surface area contributed by atoms with Crippen molar-refractivity contribution in [1.29, 1.82) is 0 Å². The average Bonchev–Trinajstić information content (AvgIpc) is 2.69. The molecule has 0 spiro atoms. The zero-order valence-electron chi connectivity index (χ0n) is 17.1. The minimum Gasteiger partial charge on any atom is -0.361 e. The molecule has 2 nitrogen and oxygen atoms in total. The SMILES string of the molecule is CC(C)(C)c1cc(I)c(C(=[N+]=[N-])c2ccc(-c3ccccc3)cc2C(F)(F)F)c(I)c1. The number of halogens is 5. The van der Waals surface area contributed by atoms with Gasteiger partial charge in [-0.3, -0.25) is 0 Å². The molecule has 3 aromatic rings. The molecule has 0 atom stereocenters. The van der Waals surface area contributed by atoms with E-state index in [0.29, 0.717) is 16.7 Å². The highest BCUT2D eigenvalue weighted by Gasteiger charge is 2.38. The molecule has 0 radical (unpaired) electrons. The van der Waals surface area contributed by atoms with Crippen molar-refractivity contribution in [2.45, 2.75) is 32.4 Å². The maximum absolute atomic E-state index is 14.0. The second-order valence-corrected chi connectivity index (χ2v) is 10.5. The van der Waals surface area contributed by atoms with Gasteiger partial charge < -0.3 is 5.53 Å². The summed E-state index contributed by atoms with van der Waals surface area (Å²) >= 11 is 4.18. The van der Waals surface area contributed by atoms with Crippen molar-refractivity contribution >= 4 is 50.9 Å². The van der Waals surface area contributed by atoms with Gasteiger partial charge in [0.1, 0.15) is 0 Å². The second-order valence-electron chi connectivity index (χ2n) is 8.14. The molecule has 0 aliphatic carbocycles. The van der Waals surface area contributed by atoms with E-state index in [-0.39, 0.29) is 16.7 Å². The Morgan fingerprint density at radius 1 is 0.839 bits per heavy atom. The largest absolute Gasteiger partial charge is 0.417 e. The summed E-state index contributed by atoms with van der Waals surface area (Å²) in [5, 5.41) is 0. The van der Waals surface area contributed by atoms with E-state index in [1.54, 1.807) is 30.3 Å². The van der Waals surface area contributed by atoms with E-state index in [0.717, 1.165) is 18.8 Å². The Kier molecular flexibility index (Phi) is 6.98. The molecule has 0 bridgehead atoms. The molecule has 0 fully saturated rings. The fourth-order valence-corrected chi connectivity index (χ4v) is 5.55. The van der Waals surface area contributed by atoms with Crippen LogP contribution in [0.1, 0.15) is 43.0 Å². The molecule has 3 aromatic carbocycles. The molecule has 0 saturated carbocycles. The molecule has 0 aliphatic heterocycles. The number of benzene rings is 3.